The van der Waals surface area contributed by atoms with Gasteiger partial charge in [0.25, 0.3) is 11.8 Å². The van der Waals surface area contributed by atoms with Crippen molar-refractivity contribution in [3.05, 3.63) is 96.3 Å². The SMILES string of the molecule is Nc1ccc(-c2ccc3c(c2)ncn3CCCN2C(=O)c3cccc4cccc(c34)C2=O)cc1. The summed E-state index contributed by atoms with van der Waals surface area (Å²) in [6.45, 7) is 1.01. The highest BCUT2D eigenvalue weighted by Gasteiger charge is 2.32. The fraction of sp³-hybridized carbons (Fsp3) is 0.107. The molecule has 0 aliphatic carbocycles. The molecule has 5 aromatic rings. The lowest BCUT2D eigenvalue weighted by atomic mass is 9.94. The van der Waals surface area contributed by atoms with Gasteiger partial charge in [-0.15, -0.1) is 0 Å². The smallest absolute Gasteiger partial charge is 0.261 e. The minimum atomic E-state index is -0.224. The zero-order valence-electron chi connectivity index (χ0n) is 18.4. The number of hydrogen-bond acceptors (Lipinski definition) is 4. The Morgan fingerprint density at radius 1 is 0.765 bits per heavy atom. The summed E-state index contributed by atoms with van der Waals surface area (Å²) in [5, 5.41) is 1.67. The van der Waals surface area contributed by atoms with Crippen LogP contribution >= 0.6 is 0 Å². The predicted molar refractivity (Wildman–Crippen MR) is 134 cm³/mol. The normalized spacial score (nSPS) is 13.2. The van der Waals surface area contributed by atoms with E-state index in [-0.39, 0.29) is 11.8 Å². The van der Waals surface area contributed by atoms with Gasteiger partial charge in [-0.3, -0.25) is 14.5 Å². The van der Waals surface area contributed by atoms with Crippen LogP contribution in [-0.2, 0) is 6.54 Å². The van der Waals surface area contributed by atoms with Crippen LogP contribution in [0.1, 0.15) is 27.1 Å². The number of aromatic nitrogens is 2. The summed E-state index contributed by atoms with van der Waals surface area (Å²) in [5.74, 6) is -0.448. The van der Waals surface area contributed by atoms with Crippen molar-refractivity contribution in [1.29, 1.82) is 0 Å². The highest BCUT2D eigenvalue weighted by atomic mass is 16.2. The molecule has 0 radical (unpaired) electrons. The summed E-state index contributed by atoms with van der Waals surface area (Å²) in [6.07, 6.45) is 2.45. The van der Waals surface area contributed by atoms with E-state index in [0.29, 0.717) is 30.6 Å². The summed E-state index contributed by atoms with van der Waals surface area (Å²) >= 11 is 0. The molecule has 2 amide bonds. The first-order valence-corrected chi connectivity index (χ1v) is 11.3. The third kappa shape index (κ3) is 3.23. The zero-order valence-corrected chi connectivity index (χ0v) is 18.4. The third-order valence-electron chi connectivity index (χ3n) is 6.50. The number of fused-ring (bicyclic) bond motifs is 1. The Morgan fingerprint density at radius 3 is 2.15 bits per heavy atom. The quantitative estimate of drug-likeness (QED) is 0.300. The molecular formula is C28H22N4O2. The lowest BCUT2D eigenvalue weighted by Gasteiger charge is -2.27. The van der Waals surface area contributed by atoms with Crippen LogP contribution in [0.2, 0.25) is 0 Å². The van der Waals surface area contributed by atoms with Crippen LogP contribution in [0.5, 0.6) is 0 Å². The molecule has 0 unspecified atom stereocenters. The Hall–Kier alpha value is -4.45. The number of anilines is 1. The lowest BCUT2D eigenvalue weighted by Crippen LogP contribution is -2.41. The number of carbonyl (C=O) groups is 2. The average Bonchev–Trinajstić information content (AvgIpc) is 3.27. The van der Waals surface area contributed by atoms with E-state index in [1.54, 1.807) is 12.1 Å². The van der Waals surface area contributed by atoms with Crippen LogP contribution in [0.25, 0.3) is 32.9 Å². The molecule has 0 fully saturated rings. The van der Waals surface area contributed by atoms with Gasteiger partial charge in [-0.2, -0.15) is 0 Å². The Kier molecular flexibility index (Phi) is 4.66. The van der Waals surface area contributed by atoms with Gasteiger partial charge in [0.05, 0.1) is 17.4 Å². The first-order valence-electron chi connectivity index (χ1n) is 11.3. The standard InChI is InChI=1S/C28H22N4O2/c29-21-11-8-18(9-12-21)20-10-13-25-24(16-20)30-17-31(25)14-3-15-32-27(33)22-6-1-4-19-5-2-7-23(26(19)22)28(32)34/h1-2,4-13,16-17H,3,14-15,29H2. The van der Waals surface area contributed by atoms with E-state index in [1.165, 1.54) is 4.90 Å². The average molecular weight is 447 g/mol. The molecular weight excluding hydrogens is 424 g/mol. The lowest BCUT2D eigenvalue weighted by molar-refractivity contribution is 0.0607. The first-order chi connectivity index (χ1) is 16.6. The molecule has 2 N–H and O–H groups in total. The Balaban J connectivity index is 1.20. The van der Waals surface area contributed by atoms with Gasteiger partial charge in [0.15, 0.2) is 0 Å². The highest BCUT2D eigenvalue weighted by molar-refractivity contribution is 6.25. The van der Waals surface area contributed by atoms with Crippen LogP contribution in [0, 0.1) is 0 Å². The van der Waals surface area contributed by atoms with E-state index in [0.717, 1.165) is 38.6 Å². The zero-order chi connectivity index (χ0) is 23.2. The maximum Gasteiger partial charge on any atom is 0.261 e. The summed E-state index contributed by atoms with van der Waals surface area (Å²) < 4.78 is 2.07. The van der Waals surface area contributed by atoms with Gasteiger partial charge in [-0.1, -0.05) is 42.5 Å². The number of imidazole rings is 1. The van der Waals surface area contributed by atoms with E-state index in [1.807, 2.05) is 54.9 Å². The fourth-order valence-corrected chi connectivity index (χ4v) is 4.78. The molecule has 0 bridgehead atoms. The van der Waals surface area contributed by atoms with Crippen molar-refractivity contribution in [2.75, 3.05) is 12.3 Å². The number of nitrogens with two attached hydrogens (primary N) is 1. The number of benzene rings is 4. The number of carbonyl (C=O) groups excluding carboxylic acids is 2. The topological polar surface area (TPSA) is 81.2 Å². The van der Waals surface area contributed by atoms with Crippen LogP contribution in [0.3, 0.4) is 0 Å². The molecule has 0 saturated carbocycles. The minimum Gasteiger partial charge on any atom is -0.399 e. The number of nitrogens with zero attached hydrogens (tertiary/aromatic N) is 3. The molecule has 0 saturated heterocycles. The highest BCUT2D eigenvalue weighted by Crippen LogP contribution is 2.30. The third-order valence-corrected chi connectivity index (χ3v) is 6.50. The van der Waals surface area contributed by atoms with Crippen LogP contribution < -0.4 is 5.73 Å². The molecule has 34 heavy (non-hydrogen) atoms. The van der Waals surface area contributed by atoms with Crippen molar-refractivity contribution >= 4 is 39.3 Å². The van der Waals surface area contributed by atoms with Crippen molar-refractivity contribution in [1.82, 2.24) is 14.5 Å². The summed E-state index contributed by atoms with van der Waals surface area (Å²) in [6, 6.07) is 25.2. The van der Waals surface area contributed by atoms with Crippen LogP contribution in [-0.4, -0.2) is 32.8 Å². The largest absolute Gasteiger partial charge is 0.399 e. The van der Waals surface area contributed by atoms with E-state index >= 15 is 0 Å². The molecule has 1 aliphatic rings. The van der Waals surface area contributed by atoms with Crippen molar-refractivity contribution in [2.24, 2.45) is 0 Å². The van der Waals surface area contributed by atoms with Crippen LogP contribution in [0.15, 0.2) is 85.2 Å². The van der Waals surface area contributed by atoms with Crippen molar-refractivity contribution in [3.63, 3.8) is 0 Å². The number of aryl methyl sites for hydroxylation is 1. The van der Waals surface area contributed by atoms with Crippen molar-refractivity contribution in [3.8, 4) is 11.1 Å². The minimum absolute atomic E-state index is 0.224. The molecule has 0 atom stereocenters. The van der Waals surface area contributed by atoms with E-state index < -0.39 is 0 Å². The molecule has 1 aromatic heterocycles. The van der Waals surface area contributed by atoms with E-state index in [2.05, 4.69) is 27.8 Å². The molecule has 1 aliphatic heterocycles. The van der Waals surface area contributed by atoms with Gasteiger partial charge in [0.1, 0.15) is 0 Å². The van der Waals surface area contributed by atoms with Gasteiger partial charge in [0.2, 0.25) is 0 Å². The second-order valence-electron chi connectivity index (χ2n) is 8.59. The van der Waals surface area contributed by atoms with Crippen molar-refractivity contribution < 1.29 is 9.59 Å². The van der Waals surface area contributed by atoms with Gasteiger partial charge in [-0.05, 0) is 59.3 Å². The fourth-order valence-electron chi connectivity index (χ4n) is 4.78. The number of rotatable bonds is 5. The van der Waals surface area contributed by atoms with E-state index in [4.69, 9.17) is 5.73 Å². The molecule has 0 spiro atoms. The van der Waals surface area contributed by atoms with Gasteiger partial charge in [0, 0.05) is 35.3 Å². The van der Waals surface area contributed by atoms with E-state index in [9.17, 15) is 9.59 Å². The van der Waals surface area contributed by atoms with Crippen molar-refractivity contribution in [2.45, 2.75) is 13.0 Å². The Morgan fingerprint density at radius 2 is 1.44 bits per heavy atom. The summed E-state index contributed by atoms with van der Waals surface area (Å²) in [5.41, 5.74) is 11.8. The number of imide groups is 1. The first kappa shape index (κ1) is 20.2. The number of amides is 2. The molecule has 166 valence electrons. The molecule has 6 rings (SSSR count). The Labute approximate surface area is 196 Å². The second kappa shape index (κ2) is 7.85. The monoisotopic (exact) mass is 446 g/mol. The predicted octanol–water partition coefficient (Wildman–Crippen LogP) is 5.13. The van der Waals surface area contributed by atoms with Gasteiger partial charge >= 0.3 is 0 Å². The number of nitrogen functional groups attached to an aromatic ring is 1. The van der Waals surface area contributed by atoms with Gasteiger partial charge in [-0.25, -0.2) is 4.98 Å². The molecule has 2 heterocycles. The Bertz CT molecular complexity index is 1530. The van der Waals surface area contributed by atoms with Crippen LogP contribution in [0.4, 0.5) is 5.69 Å². The maximum absolute atomic E-state index is 13.1. The molecule has 6 nitrogen and oxygen atoms in total. The maximum atomic E-state index is 13.1. The summed E-state index contributed by atoms with van der Waals surface area (Å²) in [4.78, 5) is 32.1. The second-order valence-corrected chi connectivity index (χ2v) is 8.59. The molecule has 4 aromatic carbocycles. The number of hydrogen-bond donors (Lipinski definition) is 1. The molecule has 6 heteroatoms. The summed E-state index contributed by atoms with van der Waals surface area (Å²) in [7, 11) is 0. The van der Waals surface area contributed by atoms with Gasteiger partial charge < -0.3 is 10.3 Å².